The van der Waals surface area contributed by atoms with E-state index in [-0.39, 0.29) is 0 Å². The van der Waals surface area contributed by atoms with Crippen molar-refractivity contribution >= 4 is 16.8 Å². The Bertz CT molecular complexity index is 2870. The highest BCUT2D eigenvalue weighted by molar-refractivity contribution is 5.90. The number of allylic oxidation sites excluding steroid dienone is 2. The summed E-state index contributed by atoms with van der Waals surface area (Å²) < 4.78 is 0. The molecule has 0 saturated carbocycles. The summed E-state index contributed by atoms with van der Waals surface area (Å²) in [7, 11) is 0. The fourth-order valence-corrected chi connectivity index (χ4v) is 6.89. The van der Waals surface area contributed by atoms with Gasteiger partial charge in [-0.05, 0) is 64.1 Å². The number of hydrogen-bond donors (Lipinski definition) is 0. The maximum atomic E-state index is 5.04. The third kappa shape index (κ3) is 7.99. The maximum absolute atomic E-state index is 5.04. The topological polar surface area (TPSA) is 77.3 Å². The molecule has 276 valence electrons. The smallest absolute Gasteiger partial charge is 0.164 e. The molecule has 9 rings (SSSR count). The zero-order chi connectivity index (χ0) is 39.1. The SMILES string of the molecule is C=CCC/C=C/c1nc(-c2ccccc2)nc(-c2ccc(-c3ccc4ccc(-c5nc(-c6ccccc6)nc(-c6ccc(-c7ccccc7)cc6)n5)cc4c3)cc2)n1. The van der Waals surface area contributed by atoms with E-state index in [1.807, 2.05) is 78.9 Å². The van der Waals surface area contributed by atoms with Crippen LogP contribution in [0.15, 0.2) is 195 Å². The van der Waals surface area contributed by atoms with Crippen molar-refractivity contribution in [1.82, 2.24) is 29.9 Å². The molecule has 0 radical (unpaired) electrons. The Labute approximate surface area is 338 Å². The van der Waals surface area contributed by atoms with Gasteiger partial charge in [-0.3, -0.25) is 0 Å². The fraction of sp³-hybridized carbons (Fsp3) is 0.0385. The summed E-state index contributed by atoms with van der Waals surface area (Å²) in [5, 5.41) is 2.22. The number of benzene rings is 7. The third-order valence-corrected chi connectivity index (χ3v) is 9.98. The molecule has 2 heterocycles. The van der Waals surface area contributed by atoms with Crippen LogP contribution < -0.4 is 0 Å². The van der Waals surface area contributed by atoms with E-state index in [0.29, 0.717) is 34.9 Å². The van der Waals surface area contributed by atoms with Crippen LogP contribution in [0.2, 0.25) is 0 Å². The molecule has 6 nitrogen and oxygen atoms in total. The van der Waals surface area contributed by atoms with Gasteiger partial charge in [-0.25, -0.2) is 29.9 Å². The Kier molecular flexibility index (Phi) is 10.3. The number of hydrogen-bond acceptors (Lipinski definition) is 6. The van der Waals surface area contributed by atoms with Crippen LogP contribution in [0.1, 0.15) is 18.7 Å². The molecular weight excluding hydrogens is 709 g/mol. The first-order chi connectivity index (χ1) is 28.7. The molecule has 2 aromatic heterocycles. The molecule has 7 aromatic carbocycles. The van der Waals surface area contributed by atoms with E-state index in [0.717, 1.165) is 68.1 Å². The Morgan fingerprint density at radius 2 is 0.690 bits per heavy atom. The largest absolute Gasteiger partial charge is 0.209 e. The maximum Gasteiger partial charge on any atom is 0.164 e. The first-order valence-electron chi connectivity index (χ1n) is 19.4. The van der Waals surface area contributed by atoms with E-state index in [9.17, 15) is 0 Å². The molecule has 0 bridgehead atoms. The first kappa shape index (κ1) is 36.0. The molecule has 0 atom stereocenters. The van der Waals surface area contributed by atoms with Gasteiger partial charge in [0.25, 0.3) is 0 Å². The molecule has 0 aliphatic rings. The number of rotatable bonds is 11. The van der Waals surface area contributed by atoms with Crippen molar-refractivity contribution in [1.29, 1.82) is 0 Å². The lowest BCUT2D eigenvalue weighted by Crippen LogP contribution is -2.00. The van der Waals surface area contributed by atoms with E-state index in [4.69, 9.17) is 29.9 Å². The molecule has 0 aliphatic carbocycles. The van der Waals surface area contributed by atoms with Crippen molar-refractivity contribution in [3.8, 4) is 79.2 Å². The highest BCUT2D eigenvalue weighted by Gasteiger charge is 2.14. The third-order valence-electron chi connectivity index (χ3n) is 9.98. The number of aromatic nitrogens is 6. The summed E-state index contributed by atoms with van der Waals surface area (Å²) in [6.45, 7) is 3.82. The van der Waals surface area contributed by atoms with Crippen LogP contribution in [0.5, 0.6) is 0 Å². The van der Waals surface area contributed by atoms with Crippen LogP contribution in [0.25, 0.3) is 96.0 Å². The minimum atomic E-state index is 0.620. The highest BCUT2D eigenvalue weighted by atomic mass is 15.0. The summed E-state index contributed by atoms with van der Waals surface area (Å²) in [6, 6.07) is 60.2. The molecule has 0 unspecified atom stereocenters. The Hall–Kier alpha value is -7.70. The fourth-order valence-electron chi connectivity index (χ4n) is 6.89. The zero-order valence-electron chi connectivity index (χ0n) is 31.8. The van der Waals surface area contributed by atoms with Gasteiger partial charge in [0.2, 0.25) is 0 Å². The quantitative estimate of drug-likeness (QED) is 0.0969. The van der Waals surface area contributed by atoms with Crippen molar-refractivity contribution in [2.75, 3.05) is 0 Å². The van der Waals surface area contributed by atoms with Gasteiger partial charge in [-0.1, -0.05) is 176 Å². The number of unbranched alkanes of at least 4 members (excludes halogenated alkanes) is 1. The van der Waals surface area contributed by atoms with Crippen LogP contribution in [0.3, 0.4) is 0 Å². The van der Waals surface area contributed by atoms with Crippen molar-refractivity contribution in [2.45, 2.75) is 12.8 Å². The lowest BCUT2D eigenvalue weighted by atomic mass is 9.99. The van der Waals surface area contributed by atoms with Crippen molar-refractivity contribution in [3.05, 3.63) is 200 Å². The average molecular weight is 747 g/mol. The molecule has 0 aliphatic heterocycles. The average Bonchev–Trinajstić information content (AvgIpc) is 3.31. The number of fused-ring (bicyclic) bond motifs is 1. The van der Waals surface area contributed by atoms with Crippen LogP contribution >= 0.6 is 0 Å². The predicted molar refractivity (Wildman–Crippen MR) is 237 cm³/mol. The summed E-state index contributed by atoms with van der Waals surface area (Å²) in [5.74, 6) is 3.78. The van der Waals surface area contributed by atoms with E-state index in [1.54, 1.807) is 0 Å². The summed E-state index contributed by atoms with van der Waals surface area (Å²) >= 11 is 0. The van der Waals surface area contributed by atoms with Gasteiger partial charge in [-0.15, -0.1) is 6.58 Å². The zero-order valence-corrected chi connectivity index (χ0v) is 31.8. The minimum absolute atomic E-state index is 0.620. The van der Waals surface area contributed by atoms with Crippen molar-refractivity contribution < 1.29 is 0 Å². The molecule has 0 fully saturated rings. The second-order valence-electron chi connectivity index (χ2n) is 13.9. The molecule has 6 heteroatoms. The highest BCUT2D eigenvalue weighted by Crippen LogP contribution is 2.32. The van der Waals surface area contributed by atoms with E-state index in [1.165, 1.54) is 5.56 Å². The lowest BCUT2D eigenvalue weighted by molar-refractivity contribution is 1.03. The minimum Gasteiger partial charge on any atom is -0.209 e. The normalized spacial score (nSPS) is 11.2. The molecule has 0 N–H and O–H groups in total. The van der Waals surface area contributed by atoms with Gasteiger partial charge >= 0.3 is 0 Å². The number of nitrogens with zero attached hydrogens (tertiary/aromatic N) is 6. The van der Waals surface area contributed by atoms with Crippen molar-refractivity contribution in [2.24, 2.45) is 0 Å². The van der Waals surface area contributed by atoms with E-state index in [2.05, 4.69) is 122 Å². The molecule has 0 amide bonds. The van der Waals surface area contributed by atoms with Gasteiger partial charge in [0.15, 0.2) is 34.9 Å². The van der Waals surface area contributed by atoms with E-state index < -0.39 is 0 Å². The monoisotopic (exact) mass is 746 g/mol. The van der Waals surface area contributed by atoms with Crippen LogP contribution in [0, 0.1) is 0 Å². The standard InChI is InChI=1S/C52H38N6/c1-2-3-4-14-21-47-53-48(40-17-10-6-11-18-40)55-49(54-47)42-30-24-38(25-31-42)44-32-26-39-27-33-45(35-46(39)34-44)52-57-50(41-19-12-7-13-20-41)56-51(58-52)43-28-22-37(23-29-43)36-15-8-5-9-16-36/h2,5-35H,1,3-4H2/b21-14+. The predicted octanol–water partition coefficient (Wildman–Crippen LogP) is 12.9. The van der Waals surface area contributed by atoms with Crippen LogP contribution in [-0.2, 0) is 0 Å². The summed E-state index contributed by atoms with van der Waals surface area (Å²) in [5.41, 5.74) is 9.14. The molecule has 9 aromatic rings. The Morgan fingerprint density at radius 3 is 1.21 bits per heavy atom. The summed E-state index contributed by atoms with van der Waals surface area (Å²) in [6.07, 6.45) is 7.73. The molecule has 58 heavy (non-hydrogen) atoms. The Morgan fingerprint density at radius 1 is 0.328 bits per heavy atom. The second-order valence-corrected chi connectivity index (χ2v) is 13.9. The van der Waals surface area contributed by atoms with E-state index >= 15 is 0 Å². The van der Waals surface area contributed by atoms with Gasteiger partial charge in [0.1, 0.15) is 0 Å². The van der Waals surface area contributed by atoms with Crippen LogP contribution in [-0.4, -0.2) is 29.9 Å². The molecule has 0 saturated heterocycles. The van der Waals surface area contributed by atoms with Crippen LogP contribution in [0.4, 0.5) is 0 Å². The molecule has 0 spiro atoms. The van der Waals surface area contributed by atoms with Gasteiger partial charge in [0.05, 0.1) is 0 Å². The Balaban J connectivity index is 1.04. The lowest BCUT2D eigenvalue weighted by Gasteiger charge is -2.10. The summed E-state index contributed by atoms with van der Waals surface area (Å²) in [4.78, 5) is 29.4. The first-order valence-corrected chi connectivity index (χ1v) is 19.4. The van der Waals surface area contributed by atoms with Gasteiger partial charge in [0, 0.05) is 27.8 Å². The molecular formula is C52H38N6. The van der Waals surface area contributed by atoms with Gasteiger partial charge < -0.3 is 0 Å². The second kappa shape index (κ2) is 16.6. The van der Waals surface area contributed by atoms with Crippen molar-refractivity contribution in [3.63, 3.8) is 0 Å². The van der Waals surface area contributed by atoms with Gasteiger partial charge in [-0.2, -0.15) is 0 Å².